The molecule has 0 bridgehead atoms. The lowest BCUT2D eigenvalue weighted by Gasteiger charge is -2.10. The fourth-order valence-electron chi connectivity index (χ4n) is 2.45. The molecule has 0 aliphatic heterocycles. The number of hydrogen-bond acceptors (Lipinski definition) is 4. The first kappa shape index (κ1) is 19.4. The van der Waals surface area contributed by atoms with E-state index >= 15 is 0 Å². The minimum Gasteiger partial charge on any atom is -0.451 e. The lowest BCUT2D eigenvalue weighted by Crippen LogP contribution is -2.13. The maximum Gasteiger partial charge on any atom is 0.423 e. The molecule has 3 rings (SSSR count). The van der Waals surface area contributed by atoms with E-state index in [2.05, 4.69) is 5.32 Å². The lowest BCUT2D eigenvalue weighted by atomic mass is 10.1. The van der Waals surface area contributed by atoms with Crippen molar-refractivity contribution < 1.29 is 27.3 Å². The highest BCUT2D eigenvalue weighted by Crippen LogP contribution is 2.37. The van der Waals surface area contributed by atoms with Gasteiger partial charge in [0.15, 0.2) is 5.76 Å². The van der Waals surface area contributed by atoms with Crippen LogP contribution in [0.2, 0.25) is 5.02 Å². The molecule has 0 saturated carbocycles. The first-order valence-corrected chi connectivity index (χ1v) is 8.06. The van der Waals surface area contributed by atoms with Crippen LogP contribution in [0.15, 0.2) is 59.0 Å². The Labute approximate surface area is 160 Å². The van der Waals surface area contributed by atoms with Crippen LogP contribution in [0.25, 0.3) is 11.3 Å². The van der Waals surface area contributed by atoms with Crippen LogP contribution in [-0.4, -0.2) is 10.8 Å². The summed E-state index contributed by atoms with van der Waals surface area (Å²) in [4.78, 5) is 21.9. The van der Waals surface area contributed by atoms with Crippen molar-refractivity contribution >= 4 is 28.9 Å². The Hall–Kier alpha value is -3.33. The molecule has 0 fully saturated rings. The number of benzene rings is 2. The Kier molecular flexibility index (Phi) is 5.10. The van der Waals surface area contributed by atoms with Crippen LogP contribution in [0, 0.1) is 10.1 Å². The maximum absolute atomic E-state index is 13.0. The van der Waals surface area contributed by atoms with Crippen molar-refractivity contribution in [2.45, 2.75) is 6.18 Å². The highest BCUT2D eigenvalue weighted by molar-refractivity contribution is 6.30. The number of nitrogens with zero attached hydrogens (tertiary/aromatic N) is 1. The van der Waals surface area contributed by atoms with Gasteiger partial charge in [-0.3, -0.25) is 14.9 Å². The number of anilines is 1. The van der Waals surface area contributed by atoms with Gasteiger partial charge in [0.1, 0.15) is 11.3 Å². The molecule has 0 spiro atoms. The highest BCUT2D eigenvalue weighted by atomic mass is 35.5. The molecule has 0 atom stereocenters. The summed E-state index contributed by atoms with van der Waals surface area (Å²) in [6.45, 7) is 0. The molecule has 0 aliphatic carbocycles. The number of amides is 1. The Morgan fingerprint density at radius 3 is 2.50 bits per heavy atom. The zero-order valence-corrected chi connectivity index (χ0v) is 14.5. The molecule has 1 heterocycles. The van der Waals surface area contributed by atoms with Gasteiger partial charge in [-0.2, -0.15) is 13.2 Å². The summed E-state index contributed by atoms with van der Waals surface area (Å²) in [6.07, 6.45) is -4.95. The number of furan rings is 1. The number of hydrogen-bond donors (Lipinski definition) is 1. The van der Waals surface area contributed by atoms with E-state index in [9.17, 15) is 28.1 Å². The van der Waals surface area contributed by atoms with E-state index in [0.717, 1.165) is 6.07 Å². The van der Waals surface area contributed by atoms with Gasteiger partial charge in [-0.15, -0.1) is 0 Å². The molecule has 6 nitrogen and oxygen atoms in total. The van der Waals surface area contributed by atoms with E-state index in [4.69, 9.17) is 16.0 Å². The average Bonchev–Trinajstić information content (AvgIpc) is 3.11. The van der Waals surface area contributed by atoms with E-state index in [1.807, 2.05) is 0 Å². The van der Waals surface area contributed by atoms with Gasteiger partial charge < -0.3 is 9.73 Å². The monoisotopic (exact) mass is 410 g/mol. The minimum absolute atomic E-state index is 0.151. The van der Waals surface area contributed by atoms with Crippen LogP contribution in [0.4, 0.5) is 24.5 Å². The van der Waals surface area contributed by atoms with Gasteiger partial charge in [-0.05, 0) is 36.4 Å². The number of nitro benzene ring substituents is 1. The van der Waals surface area contributed by atoms with Crippen LogP contribution in [0.5, 0.6) is 0 Å². The number of rotatable bonds is 4. The third kappa shape index (κ3) is 4.15. The number of nitrogens with one attached hydrogen (secondary N) is 1. The van der Waals surface area contributed by atoms with E-state index in [0.29, 0.717) is 28.5 Å². The van der Waals surface area contributed by atoms with Crippen LogP contribution in [0.1, 0.15) is 16.1 Å². The molecule has 0 unspecified atom stereocenters. The van der Waals surface area contributed by atoms with E-state index in [1.54, 1.807) is 24.3 Å². The van der Waals surface area contributed by atoms with Gasteiger partial charge in [-0.1, -0.05) is 23.7 Å². The zero-order chi connectivity index (χ0) is 20.5. The molecule has 10 heteroatoms. The highest BCUT2D eigenvalue weighted by Gasteiger charge is 2.38. The maximum atomic E-state index is 13.0. The second kappa shape index (κ2) is 7.35. The van der Waals surface area contributed by atoms with E-state index in [1.165, 1.54) is 12.1 Å². The Morgan fingerprint density at radius 1 is 1.11 bits per heavy atom. The van der Waals surface area contributed by atoms with Gasteiger partial charge in [0.05, 0.1) is 4.92 Å². The van der Waals surface area contributed by atoms with Gasteiger partial charge in [0.25, 0.3) is 11.6 Å². The molecule has 0 saturated heterocycles. The average molecular weight is 411 g/mol. The lowest BCUT2D eigenvalue weighted by molar-refractivity contribution is -0.388. The topological polar surface area (TPSA) is 85.4 Å². The Bertz CT molecular complexity index is 1060. The fraction of sp³-hybridized carbons (Fsp3) is 0.0556. The molecule has 3 aromatic rings. The first-order valence-electron chi connectivity index (χ1n) is 7.68. The summed E-state index contributed by atoms with van der Waals surface area (Å²) < 4.78 is 44.5. The van der Waals surface area contributed by atoms with Crippen molar-refractivity contribution in [1.29, 1.82) is 0 Å². The summed E-state index contributed by atoms with van der Waals surface area (Å²) in [5.74, 6) is -0.621. The van der Waals surface area contributed by atoms with Crippen molar-refractivity contribution in [2.24, 2.45) is 0 Å². The van der Waals surface area contributed by atoms with Crippen molar-refractivity contribution in [3.05, 3.63) is 81.1 Å². The standard InChI is InChI=1S/C18H10ClF3N2O4/c19-11-3-1-2-10(8-11)15-6-7-16(28-15)17(25)23-12-4-5-14(24(26)27)13(9-12)18(20,21)22/h1-9H,(H,23,25). The summed E-state index contributed by atoms with van der Waals surface area (Å²) in [5, 5.41) is 13.5. The third-order valence-electron chi connectivity index (χ3n) is 3.70. The molecule has 28 heavy (non-hydrogen) atoms. The van der Waals surface area contributed by atoms with Crippen LogP contribution in [0.3, 0.4) is 0 Å². The van der Waals surface area contributed by atoms with Crippen LogP contribution >= 0.6 is 11.6 Å². The molecule has 0 aliphatic rings. The normalized spacial score (nSPS) is 11.3. The van der Waals surface area contributed by atoms with Crippen LogP contribution in [-0.2, 0) is 6.18 Å². The predicted octanol–water partition coefficient (Wildman–Crippen LogP) is 5.78. The summed E-state index contributed by atoms with van der Waals surface area (Å²) in [7, 11) is 0. The van der Waals surface area contributed by atoms with Crippen molar-refractivity contribution in [3.63, 3.8) is 0 Å². The van der Waals surface area contributed by atoms with Gasteiger partial charge in [-0.25, -0.2) is 0 Å². The molecule has 1 aromatic heterocycles. The van der Waals surface area contributed by atoms with E-state index < -0.39 is 28.3 Å². The van der Waals surface area contributed by atoms with Crippen molar-refractivity contribution in [2.75, 3.05) is 5.32 Å². The third-order valence-corrected chi connectivity index (χ3v) is 3.93. The number of carbonyl (C=O) groups is 1. The van der Waals surface area contributed by atoms with Gasteiger partial charge in [0.2, 0.25) is 0 Å². The number of carbonyl (C=O) groups excluding carboxylic acids is 1. The Morgan fingerprint density at radius 2 is 1.86 bits per heavy atom. The summed E-state index contributed by atoms with van der Waals surface area (Å²) in [5.41, 5.74) is -2.22. The van der Waals surface area contributed by atoms with Gasteiger partial charge >= 0.3 is 6.18 Å². The second-order valence-corrected chi connectivity index (χ2v) is 6.05. The molecule has 144 valence electrons. The molecule has 2 aromatic carbocycles. The number of halogens is 4. The fourth-order valence-corrected chi connectivity index (χ4v) is 2.64. The van der Waals surface area contributed by atoms with Gasteiger partial charge in [0, 0.05) is 22.3 Å². The first-order chi connectivity index (χ1) is 13.1. The van der Waals surface area contributed by atoms with E-state index in [-0.39, 0.29) is 11.4 Å². The quantitative estimate of drug-likeness (QED) is 0.436. The number of nitro groups is 1. The summed E-state index contributed by atoms with van der Waals surface area (Å²) in [6, 6.07) is 11.7. The summed E-state index contributed by atoms with van der Waals surface area (Å²) >= 11 is 5.90. The smallest absolute Gasteiger partial charge is 0.423 e. The van der Waals surface area contributed by atoms with Crippen molar-refractivity contribution in [3.8, 4) is 11.3 Å². The van der Waals surface area contributed by atoms with Crippen LogP contribution < -0.4 is 5.32 Å². The predicted molar refractivity (Wildman–Crippen MR) is 95.2 cm³/mol. The molecule has 0 radical (unpaired) electrons. The molecular formula is C18H10ClF3N2O4. The molecule has 1 N–H and O–H groups in total. The zero-order valence-electron chi connectivity index (χ0n) is 13.8. The number of alkyl halides is 3. The molecule has 1 amide bonds. The van der Waals surface area contributed by atoms with Crippen molar-refractivity contribution in [1.82, 2.24) is 0 Å². The minimum atomic E-state index is -4.95. The SMILES string of the molecule is O=C(Nc1ccc([N+](=O)[O-])c(C(F)(F)F)c1)c1ccc(-c2cccc(Cl)c2)o1. The second-order valence-electron chi connectivity index (χ2n) is 5.62. The largest absolute Gasteiger partial charge is 0.451 e. The Balaban J connectivity index is 1.85. The molecular weight excluding hydrogens is 401 g/mol.